The Bertz CT molecular complexity index is 909. The minimum Gasteiger partial charge on any atom is -0.336 e. The maximum Gasteiger partial charge on any atom is 0.272 e. The summed E-state index contributed by atoms with van der Waals surface area (Å²) in [4.78, 5) is 18.7. The van der Waals surface area contributed by atoms with Crippen molar-refractivity contribution in [2.24, 2.45) is 0 Å². The fraction of sp³-hybridized carbons (Fsp3) is 0.412. The molecular formula is C17H19ClN2O3S. The molecule has 2 aromatic rings. The Hall–Kier alpha value is -1.66. The number of carbonyl (C=O) groups is 1. The molecule has 24 heavy (non-hydrogen) atoms. The van der Waals surface area contributed by atoms with Gasteiger partial charge in [0.25, 0.3) is 5.91 Å². The van der Waals surface area contributed by atoms with E-state index in [-0.39, 0.29) is 18.2 Å². The summed E-state index contributed by atoms with van der Waals surface area (Å²) < 4.78 is 23.7. The van der Waals surface area contributed by atoms with Crippen LogP contribution in [0.3, 0.4) is 0 Å². The highest BCUT2D eigenvalue weighted by molar-refractivity contribution is 7.92. The SMILES string of the molecule is CC1(C)CCN(C(=O)c2ccc3ccc(Cl)cc3n2)CCS1(=O)=O. The Balaban J connectivity index is 1.89. The average Bonchev–Trinajstić information content (AvgIpc) is 2.63. The van der Waals surface area contributed by atoms with E-state index in [1.807, 2.05) is 12.1 Å². The quantitative estimate of drug-likeness (QED) is 0.778. The minimum absolute atomic E-state index is 0.0227. The molecule has 0 bridgehead atoms. The van der Waals surface area contributed by atoms with Crippen molar-refractivity contribution in [3.05, 3.63) is 41.0 Å². The Labute approximate surface area is 146 Å². The molecule has 2 heterocycles. The Kier molecular flexibility index (Phi) is 4.30. The Morgan fingerprint density at radius 2 is 1.92 bits per heavy atom. The van der Waals surface area contributed by atoms with E-state index in [2.05, 4.69) is 4.98 Å². The minimum atomic E-state index is -3.22. The van der Waals surface area contributed by atoms with Gasteiger partial charge in [0.05, 0.1) is 16.0 Å². The normalized spacial score (nSPS) is 19.9. The van der Waals surface area contributed by atoms with Gasteiger partial charge in [0.1, 0.15) is 5.69 Å². The molecule has 128 valence electrons. The molecular weight excluding hydrogens is 348 g/mol. The lowest BCUT2D eigenvalue weighted by atomic mass is 10.1. The Morgan fingerprint density at radius 1 is 1.21 bits per heavy atom. The molecule has 0 radical (unpaired) electrons. The largest absolute Gasteiger partial charge is 0.336 e. The fourth-order valence-corrected chi connectivity index (χ4v) is 4.33. The number of amides is 1. The van der Waals surface area contributed by atoms with Gasteiger partial charge in [-0.05, 0) is 38.5 Å². The third kappa shape index (κ3) is 3.13. The van der Waals surface area contributed by atoms with E-state index in [9.17, 15) is 13.2 Å². The summed E-state index contributed by atoms with van der Waals surface area (Å²) in [5.41, 5.74) is 0.956. The highest BCUT2D eigenvalue weighted by Gasteiger charge is 2.38. The van der Waals surface area contributed by atoms with Crippen molar-refractivity contribution in [3.63, 3.8) is 0 Å². The van der Waals surface area contributed by atoms with E-state index in [0.29, 0.717) is 29.2 Å². The molecule has 1 saturated heterocycles. The van der Waals surface area contributed by atoms with Gasteiger partial charge in [0.2, 0.25) is 0 Å². The van der Waals surface area contributed by atoms with Crippen LogP contribution in [0.1, 0.15) is 30.8 Å². The number of aromatic nitrogens is 1. The summed E-state index contributed by atoms with van der Waals surface area (Å²) in [7, 11) is -3.22. The average molecular weight is 367 g/mol. The first-order valence-corrected chi connectivity index (χ1v) is 9.81. The number of sulfone groups is 1. The summed E-state index contributed by atoms with van der Waals surface area (Å²) in [5.74, 6) is -0.268. The molecule has 0 atom stereocenters. The highest BCUT2D eigenvalue weighted by atomic mass is 35.5. The van der Waals surface area contributed by atoms with Crippen LogP contribution in [0, 0.1) is 0 Å². The second kappa shape index (κ2) is 6.01. The Morgan fingerprint density at radius 3 is 2.67 bits per heavy atom. The van der Waals surface area contributed by atoms with Crippen molar-refractivity contribution in [1.82, 2.24) is 9.88 Å². The van der Waals surface area contributed by atoms with Crippen LogP contribution in [0.4, 0.5) is 0 Å². The topological polar surface area (TPSA) is 67.3 Å². The highest BCUT2D eigenvalue weighted by Crippen LogP contribution is 2.26. The molecule has 7 heteroatoms. The lowest BCUT2D eigenvalue weighted by Gasteiger charge is -2.22. The van der Waals surface area contributed by atoms with Crippen LogP contribution in [0.25, 0.3) is 10.9 Å². The molecule has 0 saturated carbocycles. The van der Waals surface area contributed by atoms with Gasteiger partial charge in [-0.25, -0.2) is 13.4 Å². The molecule has 1 aromatic carbocycles. The molecule has 1 fully saturated rings. The monoisotopic (exact) mass is 366 g/mol. The first-order chi connectivity index (χ1) is 11.2. The van der Waals surface area contributed by atoms with Gasteiger partial charge in [-0.2, -0.15) is 0 Å². The molecule has 0 N–H and O–H groups in total. The van der Waals surface area contributed by atoms with Crippen molar-refractivity contribution in [2.75, 3.05) is 18.8 Å². The molecule has 1 amide bonds. The van der Waals surface area contributed by atoms with Crippen LogP contribution in [0.15, 0.2) is 30.3 Å². The van der Waals surface area contributed by atoms with Gasteiger partial charge < -0.3 is 4.90 Å². The number of halogens is 1. The van der Waals surface area contributed by atoms with Crippen LogP contribution >= 0.6 is 11.6 Å². The van der Waals surface area contributed by atoms with Crippen molar-refractivity contribution in [2.45, 2.75) is 25.0 Å². The van der Waals surface area contributed by atoms with E-state index < -0.39 is 14.6 Å². The second-order valence-corrected chi connectivity index (χ2v) is 9.83. The zero-order valence-corrected chi connectivity index (χ0v) is 15.2. The van der Waals surface area contributed by atoms with Gasteiger partial charge in [-0.15, -0.1) is 0 Å². The van der Waals surface area contributed by atoms with Crippen molar-refractivity contribution in [3.8, 4) is 0 Å². The predicted molar refractivity (Wildman–Crippen MR) is 95.1 cm³/mol. The van der Waals surface area contributed by atoms with E-state index in [4.69, 9.17) is 11.6 Å². The number of fused-ring (bicyclic) bond motifs is 1. The van der Waals surface area contributed by atoms with E-state index in [1.165, 1.54) is 0 Å². The summed E-state index contributed by atoms with van der Waals surface area (Å²) in [6.07, 6.45) is 0.417. The van der Waals surface area contributed by atoms with Gasteiger partial charge in [0, 0.05) is 23.5 Å². The molecule has 0 unspecified atom stereocenters. The summed E-state index contributed by atoms with van der Waals surface area (Å²) in [5, 5.41) is 1.46. The second-order valence-electron chi connectivity index (χ2n) is 6.65. The number of pyridine rings is 1. The van der Waals surface area contributed by atoms with Gasteiger partial charge in [0.15, 0.2) is 9.84 Å². The van der Waals surface area contributed by atoms with Crippen molar-refractivity contribution < 1.29 is 13.2 Å². The van der Waals surface area contributed by atoms with Crippen LogP contribution in [-0.2, 0) is 9.84 Å². The zero-order chi connectivity index (χ0) is 17.5. The number of benzene rings is 1. The third-order valence-electron chi connectivity index (χ3n) is 4.62. The molecule has 5 nitrogen and oxygen atoms in total. The predicted octanol–water partition coefficient (Wildman–Crippen LogP) is 2.93. The summed E-state index contributed by atoms with van der Waals surface area (Å²) in [6.45, 7) is 4.03. The maximum absolute atomic E-state index is 12.7. The first kappa shape index (κ1) is 17.2. The summed E-state index contributed by atoms with van der Waals surface area (Å²) in [6, 6.07) is 8.83. The zero-order valence-electron chi connectivity index (χ0n) is 13.6. The molecule has 3 rings (SSSR count). The van der Waals surface area contributed by atoms with E-state index >= 15 is 0 Å². The third-order valence-corrected chi connectivity index (χ3v) is 7.46. The number of rotatable bonds is 1. The van der Waals surface area contributed by atoms with Crippen molar-refractivity contribution >= 4 is 38.2 Å². The number of nitrogens with zero attached hydrogens (tertiary/aromatic N) is 2. The molecule has 0 spiro atoms. The maximum atomic E-state index is 12.7. The van der Waals surface area contributed by atoms with Crippen LogP contribution < -0.4 is 0 Å². The smallest absolute Gasteiger partial charge is 0.272 e. The van der Waals surface area contributed by atoms with Crippen LogP contribution in [0.5, 0.6) is 0 Å². The molecule has 0 aliphatic carbocycles. The molecule has 1 aliphatic heterocycles. The number of carbonyl (C=O) groups excluding carboxylic acids is 1. The lowest BCUT2D eigenvalue weighted by Crippen LogP contribution is -2.34. The van der Waals surface area contributed by atoms with E-state index in [0.717, 1.165) is 5.39 Å². The molecule has 1 aliphatic rings. The molecule has 1 aromatic heterocycles. The van der Waals surface area contributed by atoms with Crippen LogP contribution in [0.2, 0.25) is 5.02 Å². The standard InChI is InChI=1S/C17H19ClN2O3S/c1-17(2)7-8-20(9-10-24(17,22)23)16(21)14-6-4-12-3-5-13(18)11-15(12)19-14/h3-6,11H,7-10H2,1-2H3. The van der Waals surface area contributed by atoms with Crippen molar-refractivity contribution in [1.29, 1.82) is 0 Å². The lowest BCUT2D eigenvalue weighted by molar-refractivity contribution is 0.0759. The van der Waals surface area contributed by atoms with E-state index in [1.54, 1.807) is 36.9 Å². The van der Waals surface area contributed by atoms with Gasteiger partial charge in [-0.1, -0.05) is 23.7 Å². The van der Waals surface area contributed by atoms with Gasteiger partial charge in [-0.3, -0.25) is 4.79 Å². The number of hydrogen-bond acceptors (Lipinski definition) is 4. The van der Waals surface area contributed by atoms with Crippen LogP contribution in [-0.4, -0.2) is 47.8 Å². The summed E-state index contributed by atoms with van der Waals surface area (Å²) >= 11 is 5.98. The fourth-order valence-electron chi connectivity index (χ4n) is 2.75. The number of hydrogen-bond donors (Lipinski definition) is 0. The first-order valence-electron chi connectivity index (χ1n) is 7.77. The van der Waals surface area contributed by atoms with Gasteiger partial charge >= 0.3 is 0 Å².